The highest BCUT2D eigenvalue weighted by Gasteiger charge is 2.31. The summed E-state index contributed by atoms with van der Waals surface area (Å²) in [4.78, 5) is 0.514. The van der Waals surface area contributed by atoms with E-state index < -0.39 is 14.5 Å². The van der Waals surface area contributed by atoms with Gasteiger partial charge in [-0.15, -0.1) is 0 Å². The highest BCUT2D eigenvalue weighted by molar-refractivity contribution is 8.01. The van der Waals surface area contributed by atoms with Gasteiger partial charge in [0.1, 0.15) is 5.82 Å². The predicted octanol–water partition coefficient (Wildman–Crippen LogP) is 8.15. The van der Waals surface area contributed by atoms with E-state index in [0.29, 0.717) is 10.8 Å². The Kier molecular flexibility index (Phi) is 9.32. The topological polar surface area (TPSA) is 17.1 Å². The molecule has 0 saturated heterocycles. The number of fused-ring (bicyclic) bond motifs is 1. The molecule has 0 bridgehead atoms. The van der Waals surface area contributed by atoms with Gasteiger partial charge in [0.05, 0.1) is 0 Å². The molecule has 1 nitrogen and oxygen atoms in total. The van der Waals surface area contributed by atoms with Gasteiger partial charge in [0, 0.05) is 14.4 Å². The molecule has 0 aliphatic heterocycles. The molecule has 2 aromatic carbocycles. The zero-order valence-electron chi connectivity index (χ0n) is 21.6. The molecule has 0 radical (unpaired) electrons. The van der Waals surface area contributed by atoms with Gasteiger partial charge in [0.2, 0.25) is 0 Å². The molecule has 184 valence electrons. The van der Waals surface area contributed by atoms with Crippen molar-refractivity contribution in [3.05, 3.63) is 64.0 Å². The van der Waals surface area contributed by atoms with Gasteiger partial charge in [-0.25, -0.2) is 8.78 Å². The quantitative estimate of drug-likeness (QED) is 0.369. The first kappa shape index (κ1) is 27.6. The molecule has 3 rings (SSSR count). The molecule has 0 heterocycles. The Bertz CT molecular complexity index is 1040. The van der Waals surface area contributed by atoms with Gasteiger partial charge in [-0.2, -0.15) is 0 Å². The standard InChI is InChI=1S/C17H25F.C12H17FOS/c1-4-6-13(7-5-2)14-10-15-8-12(3)9-17(18)16(15)11-14;1-9-6-7-11(10(2)8-9)15(5,14)12(3,4)13/h8-9,13-14H,4-7,10-11H2,1-3H3;6-8H,5H2,1-4H3. The van der Waals surface area contributed by atoms with Crippen molar-refractivity contribution < 1.29 is 13.0 Å². The van der Waals surface area contributed by atoms with Gasteiger partial charge < -0.3 is 0 Å². The van der Waals surface area contributed by atoms with Crippen LogP contribution in [-0.4, -0.2) is 15.1 Å². The fourth-order valence-electron chi connectivity index (χ4n) is 4.99. The molecule has 2 unspecified atom stereocenters. The Morgan fingerprint density at radius 2 is 1.64 bits per heavy atom. The van der Waals surface area contributed by atoms with Crippen LogP contribution in [0.2, 0.25) is 0 Å². The van der Waals surface area contributed by atoms with Crippen LogP contribution >= 0.6 is 0 Å². The van der Waals surface area contributed by atoms with Crippen molar-refractivity contribution in [2.45, 2.75) is 96.9 Å². The number of aryl methyl sites for hydroxylation is 3. The van der Waals surface area contributed by atoms with Crippen LogP contribution in [0, 0.1) is 38.4 Å². The van der Waals surface area contributed by atoms with Crippen LogP contribution in [0.3, 0.4) is 0 Å². The summed E-state index contributed by atoms with van der Waals surface area (Å²) in [6.45, 7) is 12.9. The van der Waals surface area contributed by atoms with E-state index in [0.717, 1.165) is 41.0 Å². The van der Waals surface area contributed by atoms with E-state index in [1.165, 1.54) is 45.1 Å². The summed E-state index contributed by atoms with van der Waals surface area (Å²) in [5, 5.41) is -1.80. The zero-order valence-corrected chi connectivity index (χ0v) is 22.4. The molecule has 0 spiro atoms. The molecule has 0 N–H and O–H groups in total. The number of rotatable bonds is 7. The number of alkyl halides is 1. The minimum absolute atomic E-state index is 0.0271. The number of halogens is 2. The molecule has 0 amide bonds. The lowest BCUT2D eigenvalue weighted by molar-refractivity contribution is 0.298. The first-order valence-electron chi connectivity index (χ1n) is 12.2. The Morgan fingerprint density at radius 3 is 2.15 bits per heavy atom. The Balaban J connectivity index is 0.000000238. The lowest BCUT2D eigenvalue weighted by atomic mass is 9.83. The van der Waals surface area contributed by atoms with Crippen LogP contribution in [0.15, 0.2) is 35.2 Å². The third-order valence-corrected chi connectivity index (χ3v) is 9.57. The molecule has 0 saturated carbocycles. The van der Waals surface area contributed by atoms with Crippen molar-refractivity contribution in [2.24, 2.45) is 11.8 Å². The van der Waals surface area contributed by atoms with Gasteiger partial charge >= 0.3 is 0 Å². The van der Waals surface area contributed by atoms with Gasteiger partial charge in [-0.1, -0.05) is 63.3 Å². The molecule has 2 atom stereocenters. The Morgan fingerprint density at radius 1 is 1.03 bits per heavy atom. The smallest absolute Gasteiger partial charge is 0.175 e. The zero-order chi connectivity index (χ0) is 25.0. The van der Waals surface area contributed by atoms with Crippen LogP contribution in [-0.2, 0) is 22.4 Å². The number of benzene rings is 2. The minimum atomic E-state index is -2.89. The average molecular weight is 477 g/mol. The molecule has 1 aliphatic rings. The summed E-state index contributed by atoms with van der Waals surface area (Å²) in [6, 6.07) is 9.31. The molecule has 1 aliphatic carbocycles. The maximum Gasteiger partial charge on any atom is 0.175 e. The third-order valence-electron chi connectivity index (χ3n) is 6.84. The van der Waals surface area contributed by atoms with Crippen molar-refractivity contribution in [3.8, 4) is 0 Å². The van der Waals surface area contributed by atoms with Gasteiger partial charge in [-0.3, -0.25) is 4.21 Å². The van der Waals surface area contributed by atoms with Crippen molar-refractivity contribution in [3.63, 3.8) is 0 Å². The molecule has 33 heavy (non-hydrogen) atoms. The molecular formula is C29H42F2OS. The highest BCUT2D eigenvalue weighted by atomic mass is 32.2. The first-order valence-corrected chi connectivity index (χ1v) is 13.9. The van der Waals surface area contributed by atoms with Crippen LogP contribution in [0.5, 0.6) is 0 Å². The molecule has 2 aromatic rings. The summed E-state index contributed by atoms with van der Waals surface area (Å²) < 4.78 is 40.0. The highest BCUT2D eigenvalue weighted by Crippen LogP contribution is 2.37. The Hall–Kier alpha value is -1.68. The van der Waals surface area contributed by atoms with E-state index >= 15 is 0 Å². The summed E-state index contributed by atoms with van der Waals surface area (Å²) in [6.07, 6.45) is 7.16. The van der Waals surface area contributed by atoms with E-state index in [2.05, 4.69) is 25.8 Å². The van der Waals surface area contributed by atoms with Crippen molar-refractivity contribution in [2.75, 3.05) is 0 Å². The second-order valence-corrected chi connectivity index (χ2v) is 13.0. The second-order valence-electron chi connectivity index (χ2n) is 10.2. The van der Waals surface area contributed by atoms with Gasteiger partial charge in [0.25, 0.3) is 0 Å². The normalized spacial score (nSPS) is 17.3. The van der Waals surface area contributed by atoms with Crippen molar-refractivity contribution in [1.82, 2.24) is 0 Å². The maximum absolute atomic E-state index is 14.0. The van der Waals surface area contributed by atoms with Gasteiger partial charge in [-0.05, 0) is 99.6 Å². The maximum atomic E-state index is 14.0. The second kappa shape index (κ2) is 11.2. The van der Waals surface area contributed by atoms with Crippen molar-refractivity contribution >= 4 is 15.4 Å². The molecule has 0 fully saturated rings. The van der Waals surface area contributed by atoms with Crippen LogP contribution in [0.4, 0.5) is 8.78 Å². The fraction of sp³-hybridized carbons (Fsp3) is 0.552. The van der Waals surface area contributed by atoms with Gasteiger partial charge in [0.15, 0.2) is 5.00 Å². The Labute approximate surface area is 201 Å². The monoisotopic (exact) mass is 476 g/mol. The summed E-state index contributed by atoms with van der Waals surface area (Å²) in [7, 11) is -2.89. The predicted molar refractivity (Wildman–Crippen MR) is 140 cm³/mol. The summed E-state index contributed by atoms with van der Waals surface area (Å²) in [5.74, 6) is 5.04. The lowest BCUT2D eigenvalue weighted by Gasteiger charge is -2.22. The van der Waals surface area contributed by atoms with E-state index in [1.54, 1.807) is 12.1 Å². The minimum Gasteiger partial charge on any atom is -0.260 e. The summed E-state index contributed by atoms with van der Waals surface area (Å²) in [5.41, 5.74) is 5.25. The lowest BCUT2D eigenvalue weighted by Crippen LogP contribution is -2.26. The van der Waals surface area contributed by atoms with E-state index in [1.807, 2.05) is 32.9 Å². The van der Waals surface area contributed by atoms with E-state index in [-0.39, 0.29) is 5.82 Å². The SMILES string of the molecule is C=S(=O)(c1ccc(C)cc1C)C(C)(C)F.CCCC(CCC)C1Cc2cc(C)cc(F)c2C1. The largest absolute Gasteiger partial charge is 0.260 e. The summed E-state index contributed by atoms with van der Waals surface area (Å²) >= 11 is 0. The number of hydrogen-bond donors (Lipinski definition) is 0. The van der Waals surface area contributed by atoms with E-state index in [9.17, 15) is 13.0 Å². The third kappa shape index (κ3) is 6.68. The molecule has 0 aromatic heterocycles. The van der Waals surface area contributed by atoms with Crippen molar-refractivity contribution in [1.29, 1.82) is 0 Å². The first-order chi connectivity index (χ1) is 15.3. The van der Waals surface area contributed by atoms with E-state index in [4.69, 9.17) is 0 Å². The molecule has 4 heteroatoms. The molecular weight excluding hydrogens is 434 g/mol. The average Bonchev–Trinajstić information content (AvgIpc) is 3.11. The van der Waals surface area contributed by atoms with Crippen LogP contribution < -0.4 is 0 Å². The van der Waals surface area contributed by atoms with Crippen LogP contribution in [0.1, 0.15) is 81.2 Å². The van der Waals surface area contributed by atoms with Crippen LogP contribution in [0.25, 0.3) is 0 Å². The number of hydrogen-bond acceptors (Lipinski definition) is 1. The fourth-order valence-corrected chi connectivity index (χ4v) is 6.38.